The van der Waals surface area contributed by atoms with Crippen LogP contribution in [-0.2, 0) is 11.2 Å². The summed E-state index contributed by atoms with van der Waals surface area (Å²) in [7, 11) is 0. The van der Waals surface area contributed by atoms with Crippen molar-refractivity contribution in [1.82, 2.24) is 15.2 Å². The molecule has 0 radical (unpaired) electrons. The second kappa shape index (κ2) is 4.36. The molecule has 0 unspecified atom stereocenters. The minimum Gasteiger partial charge on any atom is -0.311 e. The molecule has 76 valence electrons. The molecule has 2 N–H and O–H groups in total. The maximum Gasteiger partial charge on any atom is 0.229 e. The number of carbonyl (C=O) groups is 1. The van der Waals surface area contributed by atoms with Gasteiger partial charge in [0.2, 0.25) is 5.91 Å². The summed E-state index contributed by atoms with van der Waals surface area (Å²) < 4.78 is 0. The molecule has 0 bridgehead atoms. The molecule has 0 saturated carbocycles. The third-order valence-electron chi connectivity index (χ3n) is 1.89. The van der Waals surface area contributed by atoms with E-state index in [9.17, 15) is 4.79 Å². The second-order valence-electron chi connectivity index (χ2n) is 3.05. The van der Waals surface area contributed by atoms with Gasteiger partial charge in [0.1, 0.15) is 5.82 Å². The minimum absolute atomic E-state index is 0.0783. The second-order valence-corrected chi connectivity index (χ2v) is 3.05. The molecule has 0 aliphatic carbocycles. The first-order valence-electron chi connectivity index (χ1n) is 4.53. The van der Waals surface area contributed by atoms with E-state index in [1.165, 1.54) is 0 Å². The van der Waals surface area contributed by atoms with E-state index in [1.807, 2.05) is 12.1 Å². The maximum absolute atomic E-state index is 11.5. The van der Waals surface area contributed by atoms with Crippen LogP contribution < -0.4 is 5.32 Å². The number of nitrogens with one attached hydrogen (secondary N) is 2. The number of pyridine rings is 1. The van der Waals surface area contributed by atoms with Gasteiger partial charge in [-0.25, -0.2) is 0 Å². The fourth-order valence-electron chi connectivity index (χ4n) is 1.21. The van der Waals surface area contributed by atoms with Gasteiger partial charge in [-0.05, 0) is 17.7 Å². The molecule has 0 fully saturated rings. The minimum atomic E-state index is -0.0783. The Morgan fingerprint density at radius 2 is 2.07 bits per heavy atom. The Morgan fingerprint density at radius 3 is 2.73 bits per heavy atom. The van der Waals surface area contributed by atoms with Crippen LogP contribution in [0.5, 0.6) is 0 Å². The molecule has 1 amide bonds. The van der Waals surface area contributed by atoms with Crippen molar-refractivity contribution in [2.24, 2.45) is 0 Å². The monoisotopic (exact) mass is 202 g/mol. The molecule has 5 nitrogen and oxygen atoms in total. The van der Waals surface area contributed by atoms with E-state index >= 15 is 0 Å². The van der Waals surface area contributed by atoms with E-state index in [4.69, 9.17) is 0 Å². The van der Waals surface area contributed by atoms with E-state index in [2.05, 4.69) is 20.5 Å². The third-order valence-corrected chi connectivity index (χ3v) is 1.89. The van der Waals surface area contributed by atoms with Crippen molar-refractivity contribution in [3.63, 3.8) is 0 Å². The number of hydrogen-bond acceptors (Lipinski definition) is 3. The highest BCUT2D eigenvalue weighted by Gasteiger charge is 2.03. The molecule has 2 aromatic heterocycles. The molecule has 0 aromatic carbocycles. The highest BCUT2D eigenvalue weighted by Crippen LogP contribution is 2.02. The lowest BCUT2D eigenvalue weighted by molar-refractivity contribution is -0.115. The highest BCUT2D eigenvalue weighted by molar-refractivity contribution is 5.91. The Balaban J connectivity index is 1.94. The number of carbonyl (C=O) groups excluding carboxylic acids is 1. The average Bonchev–Trinajstić information content (AvgIpc) is 2.71. The zero-order valence-corrected chi connectivity index (χ0v) is 7.97. The van der Waals surface area contributed by atoms with Gasteiger partial charge in [-0.15, -0.1) is 0 Å². The number of nitrogens with zero attached hydrogens (tertiary/aromatic N) is 2. The first-order chi connectivity index (χ1) is 7.34. The molecule has 5 heteroatoms. The van der Waals surface area contributed by atoms with Crippen LogP contribution in [0.25, 0.3) is 0 Å². The third kappa shape index (κ3) is 2.63. The molecule has 2 rings (SSSR count). The van der Waals surface area contributed by atoms with Crippen molar-refractivity contribution in [3.05, 3.63) is 42.4 Å². The van der Waals surface area contributed by atoms with E-state index in [0.717, 1.165) is 5.56 Å². The largest absolute Gasteiger partial charge is 0.311 e. The van der Waals surface area contributed by atoms with Gasteiger partial charge >= 0.3 is 0 Å². The first kappa shape index (κ1) is 9.39. The average molecular weight is 202 g/mol. The van der Waals surface area contributed by atoms with Gasteiger partial charge in [0.15, 0.2) is 0 Å². The van der Waals surface area contributed by atoms with Crippen LogP contribution in [0.1, 0.15) is 5.56 Å². The van der Waals surface area contributed by atoms with Crippen LogP contribution in [0.3, 0.4) is 0 Å². The van der Waals surface area contributed by atoms with Crippen molar-refractivity contribution < 1.29 is 4.79 Å². The number of aromatic nitrogens is 3. The van der Waals surface area contributed by atoms with Crippen molar-refractivity contribution in [2.75, 3.05) is 5.32 Å². The predicted octanol–water partition coefficient (Wildman–Crippen LogP) is 0.986. The molecular formula is C10H10N4O. The van der Waals surface area contributed by atoms with Gasteiger partial charge in [0.05, 0.1) is 12.6 Å². The van der Waals surface area contributed by atoms with Crippen LogP contribution in [0.2, 0.25) is 0 Å². The summed E-state index contributed by atoms with van der Waals surface area (Å²) in [4.78, 5) is 15.4. The Kier molecular flexibility index (Phi) is 2.73. The van der Waals surface area contributed by atoms with E-state index in [1.54, 1.807) is 24.7 Å². The van der Waals surface area contributed by atoms with Gasteiger partial charge < -0.3 is 5.32 Å². The quantitative estimate of drug-likeness (QED) is 0.779. The van der Waals surface area contributed by atoms with Crippen LogP contribution in [0.4, 0.5) is 5.82 Å². The maximum atomic E-state index is 11.5. The predicted molar refractivity (Wildman–Crippen MR) is 55.2 cm³/mol. The summed E-state index contributed by atoms with van der Waals surface area (Å²) >= 11 is 0. The summed E-state index contributed by atoms with van der Waals surface area (Å²) in [6.07, 6.45) is 5.25. The van der Waals surface area contributed by atoms with E-state index < -0.39 is 0 Å². The molecule has 2 aromatic rings. The molecule has 0 aliphatic heterocycles. The van der Waals surface area contributed by atoms with Gasteiger partial charge in [-0.2, -0.15) is 5.10 Å². The number of hydrogen-bond donors (Lipinski definition) is 2. The van der Waals surface area contributed by atoms with Gasteiger partial charge in [-0.1, -0.05) is 0 Å². The van der Waals surface area contributed by atoms with Gasteiger partial charge in [0.25, 0.3) is 0 Å². The van der Waals surface area contributed by atoms with Crippen LogP contribution in [-0.4, -0.2) is 21.1 Å². The Bertz CT molecular complexity index is 424. The van der Waals surface area contributed by atoms with Crippen LogP contribution in [0, 0.1) is 0 Å². The SMILES string of the molecule is O=C(Cc1ccncc1)Nc1ccn[nH]1. The smallest absolute Gasteiger partial charge is 0.229 e. The summed E-state index contributed by atoms with van der Waals surface area (Å²) in [5.41, 5.74) is 0.932. The lowest BCUT2D eigenvalue weighted by Crippen LogP contribution is -2.14. The lowest BCUT2D eigenvalue weighted by atomic mass is 10.2. The summed E-state index contributed by atoms with van der Waals surface area (Å²) in [5, 5.41) is 9.09. The van der Waals surface area contributed by atoms with E-state index in [-0.39, 0.29) is 5.91 Å². The van der Waals surface area contributed by atoms with Crippen molar-refractivity contribution in [1.29, 1.82) is 0 Å². The van der Waals surface area contributed by atoms with Crippen LogP contribution >= 0.6 is 0 Å². The number of aromatic amines is 1. The molecule has 0 aliphatic rings. The first-order valence-corrected chi connectivity index (χ1v) is 4.53. The van der Waals surface area contributed by atoms with Crippen molar-refractivity contribution in [2.45, 2.75) is 6.42 Å². The molecule has 2 heterocycles. The number of rotatable bonds is 3. The van der Waals surface area contributed by atoms with Gasteiger partial charge in [0, 0.05) is 18.5 Å². The Morgan fingerprint density at radius 1 is 1.27 bits per heavy atom. The Labute approximate surface area is 86.5 Å². The standard InChI is InChI=1S/C10H10N4O/c15-10(13-9-3-6-12-14-9)7-8-1-4-11-5-2-8/h1-6H,7H2,(H2,12,13,14,15). The highest BCUT2D eigenvalue weighted by atomic mass is 16.1. The lowest BCUT2D eigenvalue weighted by Gasteiger charge is -2.01. The fourth-order valence-corrected chi connectivity index (χ4v) is 1.21. The fraction of sp³-hybridized carbons (Fsp3) is 0.100. The van der Waals surface area contributed by atoms with Crippen LogP contribution in [0.15, 0.2) is 36.8 Å². The number of amides is 1. The number of H-pyrrole nitrogens is 1. The van der Waals surface area contributed by atoms with Gasteiger partial charge in [-0.3, -0.25) is 14.9 Å². The zero-order valence-electron chi connectivity index (χ0n) is 7.97. The molecule has 0 atom stereocenters. The van der Waals surface area contributed by atoms with Crippen molar-refractivity contribution >= 4 is 11.7 Å². The Hall–Kier alpha value is -2.17. The summed E-state index contributed by atoms with van der Waals surface area (Å²) in [6.45, 7) is 0. The van der Waals surface area contributed by atoms with Crippen molar-refractivity contribution in [3.8, 4) is 0 Å². The molecule has 0 saturated heterocycles. The molecule has 15 heavy (non-hydrogen) atoms. The normalized spacial score (nSPS) is 9.87. The topological polar surface area (TPSA) is 70.7 Å². The number of anilines is 1. The molecular weight excluding hydrogens is 192 g/mol. The summed E-state index contributed by atoms with van der Waals surface area (Å²) in [5.74, 6) is 0.527. The summed E-state index contributed by atoms with van der Waals surface area (Å²) in [6, 6.07) is 5.32. The van der Waals surface area contributed by atoms with E-state index in [0.29, 0.717) is 12.2 Å². The zero-order chi connectivity index (χ0) is 10.5. The molecule has 0 spiro atoms.